The maximum Gasteiger partial charge on any atom is 0.281 e. The van der Waals surface area contributed by atoms with Gasteiger partial charge in [0.15, 0.2) is 6.29 Å². The van der Waals surface area contributed by atoms with E-state index in [0.29, 0.717) is 29.1 Å². The molecule has 1 aromatic heterocycles. The number of aldehydes is 1. The standard InChI is InChI=1S/C17H13N3O5S/c1-2-24-14-6-4-3-5-13(14)16-18-19-17(25-16)26-15-8-7-12(20(22)23)9-11(15)10-21/h3-10H,2H2,1H3. The van der Waals surface area contributed by atoms with Crippen molar-refractivity contribution < 1.29 is 18.9 Å². The number of benzene rings is 2. The van der Waals surface area contributed by atoms with Gasteiger partial charge in [-0.15, -0.1) is 10.2 Å². The summed E-state index contributed by atoms with van der Waals surface area (Å²) in [6.07, 6.45) is 0.553. The van der Waals surface area contributed by atoms with Gasteiger partial charge in [-0.3, -0.25) is 14.9 Å². The van der Waals surface area contributed by atoms with Crippen LogP contribution in [-0.4, -0.2) is 28.0 Å². The van der Waals surface area contributed by atoms with Crippen LogP contribution in [0.5, 0.6) is 5.75 Å². The molecular formula is C17H13N3O5S. The first-order valence-electron chi connectivity index (χ1n) is 7.59. The first kappa shape index (κ1) is 17.6. The number of nitro benzene ring substituents is 1. The van der Waals surface area contributed by atoms with E-state index in [0.717, 1.165) is 11.8 Å². The van der Waals surface area contributed by atoms with E-state index in [2.05, 4.69) is 10.2 Å². The van der Waals surface area contributed by atoms with Crippen LogP contribution in [0.1, 0.15) is 17.3 Å². The quantitative estimate of drug-likeness (QED) is 0.348. The van der Waals surface area contributed by atoms with Gasteiger partial charge in [-0.1, -0.05) is 12.1 Å². The summed E-state index contributed by atoms with van der Waals surface area (Å²) < 4.78 is 11.2. The lowest BCUT2D eigenvalue weighted by Crippen LogP contribution is -1.93. The third kappa shape index (κ3) is 3.72. The zero-order chi connectivity index (χ0) is 18.5. The highest BCUT2D eigenvalue weighted by atomic mass is 32.2. The third-order valence-corrected chi connectivity index (χ3v) is 4.28. The van der Waals surface area contributed by atoms with Crippen molar-refractivity contribution in [2.24, 2.45) is 0 Å². The molecule has 1 heterocycles. The molecule has 0 fully saturated rings. The number of hydrogen-bond donors (Lipinski definition) is 0. The predicted octanol–water partition coefficient (Wildman–Crippen LogP) is 4.01. The lowest BCUT2D eigenvalue weighted by atomic mass is 10.2. The number of rotatable bonds is 7. The molecule has 26 heavy (non-hydrogen) atoms. The van der Waals surface area contributed by atoms with Crippen molar-refractivity contribution in [1.82, 2.24) is 10.2 Å². The van der Waals surface area contributed by atoms with E-state index < -0.39 is 4.92 Å². The molecule has 0 aliphatic rings. The molecular weight excluding hydrogens is 358 g/mol. The van der Waals surface area contributed by atoms with E-state index in [9.17, 15) is 14.9 Å². The third-order valence-electron chi connectivity index (χ3n) is 3.35. The van der Waals surface area contributed by atoms with Crippen LogP contribution in [0.25, 0.3) is 11.5 Å². The van der Waals surface area contributed by atoms with Gasteiger partial charge in [0.05, 0.1) is 17.1 Å². The minimum atomic E-state index is -0.559. The van der Waals surface area contributed by atoms with E-state index >= 15 is 0 Å². The molecule has 0 unspecified atom stereocenters. The molecule has 0 aliphatic carbocycles. The Labute approximate surface area is 152 Å². The van der Waals surface area contributed by atoms with Gasteiger partial charge >= 0.3 is 0 Å². The van der Waals surface area contributed by atoms with E-state index in [1.165, 1.54) is 18.2 Å². The van der Waals surface area contributed by atoms with E-state index in [1.54, 1.807) is 12.1 Å². The van der Waals surface area contributed by atoms with Gasteiger partial charge in [-0.2, -0.15) is 0 Å². The van der Waals surface area contributed by atoms with Gasteiger partial charge in [0.25, 0.3) is 16.8 Å². The van der Waals surface area contributed by atoms with Gasteiger partial charge in [-0.05, 0) is 36.9 Å². The fraction of sp³-hybridized carbons (Fsp3) is 0.118. The Morgan fingerprint density at radius 2 is 2.08 bits per heavy atom. The largest absolute Gasteiger partial charge is 0.493 e. The molecule has 0 radical (unpaired) electrons. The van der Waals surface area contributed by atoms with Crippen LogP contribution in [-0.2, 0) is 0 Å². The Bertz CT molecular complexity index is 957. The Hall–Kier alpha value is -3.20. The second kappa shape index (κ2) is 7.79. The van der Waals surface area contributed by atoms with Gasteiger partial charge < -0.3 is 9.15 Å². The number of nitro groups is 1. The van der Waals surface area contributed by atoms with Crippen LogP contribution in [0.2, 0.25) is 0 Å². The molecule has 3 aromatic rings. The lowest BCUT2D eigenvalue weighted by Gasteiger charge is -2.06. The summed E-state index contributed by atoms with van der Waals surface area (Å²) in [5.41, 5.74) is 0.681. The highest BCUT2D eigenvalue weighted by Gasteiger charge is 2.17. The summed E-state index contributed by atoms with van der Waals surface area (Å²) in [6.45, 7) is 2.37. The molecule has 0 N–H and O–H groups in total. The van der Waals surface area contributed by atoms with Crippen molar-refractivity contribution in [3.63, 3.8) is 0 Å². The van der Waals surface area contributed by atoms with Crippen molar-refractivity contribution >= 4 is 23.7 Å². The van der Waals surface area contributed by atoms with E-state index in [-0.39, 0.29) is 22.4 Å². The molecule has 0 amide bonds. The molecule has 132 valence electrons. The highest BCUT2D eigenvalue weighted by molar-refractivity contribution is 7.99. The first-order chi connectivity index (χ1) is 12.6. The number of ether oxygens (including phenoxy) is 1. The number of nitrogens with zero attached hydrogens (tertiary/aromatic N) is 3. The van der Waals surface area contributed by atoms with Crippen LogP contribution in [0, 0.1) is 10.1 Å². The van der Waals surface area contributed by atoms with Crippen LogP contribution < -0.4 is 4.74 Å². The SMILES string of the molecule is CCOc1ccccc1-c1nnc(Sc2ccc([N+](=O)[O-])cc2C=O)o1. The van der Waals surface area contributed by atoms with Crippen molar-refractivity contribution in [2.75, 3.05) is 6.61 Å². The van der Waals surface area contributed by atoms with E-state index in [1.807, 2.05) is 19.1 Å². The molecule has 3 rings (SSSR count). The molecule has 0 spiro atoms. The summed E-state index contributed by atoms with van der Waals surface area (Å²) >= 11 is 1.06. The smallest absolute Gasteiger partial charge is 0.281 e. The second-order valence-electron chi connectivity index (χ2n) is 5.00. The van der Waals surface area contributed by atoms with Crippen molar-refractivity contribution in [1.29, 1.82) is 0 Å². The Morgan fingerprint density at radius 1 is 1.27 bits per heavy atom. The second-order valence-corrected chi connectivity index (χ2v) is 5.99. The van der Waals surface area contributed by atoms with Crippen LogP contribution in [0.4, 0.5) is 5.69 Å². The van der Waals surface area contributed by atoms with Crippen molar-refractivity contribution in [2.45, 2.75) is 17.0 Å². The number of aromatic nitrogens is 2. The normalized spacial score (nSPS) is 10.5. The topological polar surface area (TPSA) is 108 Å². The molecule has 0 atom stereocenters. The minimum Gasteiger partial charge on any atom is -0.493 e. The lowest BCUT2D eigenvalue weighted by molar-refractivity contribution is -0.384. The van der Waals surface area contributed by atoms with Crippen LogP contribution >= 0.6 is 11.8 Å². The first-order valence-corrected chi connectivity index (χ1v) is 8.41. The average Bonchev–Trinajstić information content (AvgIpc) is 3.11. The summed E-state index contributed by atoms with van der Waals surface area (Å²) in [6, 6.07) is 11.3. The summed E-state index contributed by atoms with van der Waals surface area (Å²) in [7, 11) is 0. The summed E-state index contributed by atoms with van der Waals surface area (Å²) in [5, 5.41) is 19.0. The Kier molecular flexibility index (Phi) is 5.28. The fourth-order valence-corrected chi connectivity index (χ4v) is 2.96. The monoisotopic (exact) mass is 371 g/mol. The number of carbonyl (C=O) groups excluding carboxylic acids is 1. The number of carbonyl (C=O) groups is 1. The molecule has 0 saturated heterocycles. The van der Waals surface area contributed by atoms with Crippen molar-refractivity contribution in [3.8, 4) is 17.2 Å². The molecule has 8 nitrogen and oxygen atoms in total. The van der Waals surface area contributed by atoms with Crippen LogP contribution in [0.3, 0.4) is 0 Å². The van der Waals surface area contributed by atoms with Crippen molar-refractivity contribution in [3.05, 3.63) is 58.1 Å². The Morgan fingerprint density at radius 3 is 2.81 bits per heavy atom. The number of hydrogen-bond acceptors (Lipinski definition) is 8. The van der Waals surface area contributed by atoms with Gasteiger partial charge in [0, 0.05) is 22.6 Å². The number of para-hydroxylation sites is 1. The molecule has 0 aliphatic heterocycles. The molecule has 9 heteroatoms. The summed E-state index contributed by atoms with van der Waals surface area (Å²) in [5.74, 6) is 0.908. The van der Waals surface area contributed by atoms with E-state index in [4.69, 9.17) is 9.15 Å². The zero-order valence-electron chi connectivity index (χ0n) is 13.6. The van der Waals surface area contributed by atoms with Gasteiger partial charge in [0.1, 0.15) is 5.75 Å². The average molecular weight is 371 g/mol. The molecule has 2 aromatic carbocycles. The molecule has 0 bridgehead atoms. The highest BCUT2D eigenvalue weighted by Crippen LogP contribution is 2.34. The maximum atomic E-state index is 11.2. The van der Waals surface area contributed by atoms with Gasteiger partial charge in [-0.25, -0.2) is 0 Å². The minimum absolute atomic E-state index is 0.159. The Balaban J connectivity index is 1.88. The van der Waals surface area contributed by atoms with Gasteiger partial charge in [0.2, 0.25) is 0 Å². The fourth-order valence-electron chi connectivity index (χ4n) is 2.21. The zero-order valence-corrected chi connectivity index (χ0v) is 14.4. The predicted molar refractivity (Wildman–Crippen MR) is 93.5 cm³/mol. The maximum absolute atomic E-state index is 11.2. The van der Waals surface area contributed by atoms with Crippen LogP contribution in [0.15, 0.2) is 57.0 Å². The summed E-state index contributed by atoms with van der Waals surface area (Å²) in [4.78, 5) is 22.0. The molecule has 0 saturated carbocycles. The number of non-ortho nitro benzene ring substituents is 1.